The Balaban J connectivity index is 2.38. The first-order valence-corrected chi connectivity index (χ1v) is 10.6. The highest BCUT2D eigenvalue weighted by Gasteiger charge is 2.60. The highest BCUT2D eigenvalue weighted by atomic mass is 16.6. The normalized spacial score (nSPS) is 19.6. The Bertz CT molecular complexity index is 1050. The van der Waals surface area contributed by atoms with Crippen LogP contribution in [-0.4, -0.2) is 46.4 Å². The molecule has 32 heavy (non-hydrogen) atoms. The fourth-order valence-electron chi connectivity index (χ4n) is 4.55. The number of ketones is 1. The molecular weight excluding hydrogens is 416 g/mol. The summed E-state index contributed by atoms with van der Waals surface area (Å²) in [6.45, 7) is 7.45. The fourth-order valence-corrected chi connectivity index (χ4v) is 4.55. The van der Waals surface area contributed by atoms with E-state index in [9.17, 15) is 24.5 Å². The molecule has 2 atom stereocenters. The summed E-state index contributed by atoms with van der Waals surface area (Å²) in [5.41, 5.74) is -0.703. The van der Waals surface area contributed by atoms with E-state index in [1.807, 2.05) is 0 Å². The molecule has 172 valence electrons. The van der Waals surface area contributed by atoms with Crippen molar-refractivity contribution in [3.05, 3.63) is 45.6 Å². The van der Waals surface area contributed by atoms with E-state index < -0.39 is 52.9 Å². The van der Waals surface area contributed by atoms with Crippen molar-refractivity contribution in [2.45, 2.75) is 64.6 Å². The highest BCUT2D eigenvalue weighted by Crippen LogP contribution is 2.50. The Morgan fingerprint density at radius 1 is 1.12 bits per heavy atom. The first-order valence-electron chi connectivity index (χ1n) is 10.6. The molecule has 2 aromatic rings. The number of para-hydroxylation sites is 1. The summed E-state index contributed by atoms with van der Waals surface area (Å²) >= 11 is 0. The molecule has 1 heterocycles. The molecule has 0 unspecified atom stereocenters. The summed E-state index contributed by atoms with van der Waals surface area (Å²) in [4.78, 5) is 53.9. The van der Waals surface area contributed by atoms with E-state index >= 15 is 0 Å². The third kappa shape index (κ3) is 3.99. The maximum Gasteiger partial charge on any atom is 0.329 e. The summed E-state index contributed by atoms with van der Waals surface area (Å²) < 4.78 is 11.0. The van der Waals surface area contributed by atoms with Crippen LogP contribution in [-0.2, 0) is 29.3 Å². The zero-order valence-electron chi connectivity index (χ0n) is 18.8. The van der Waals surface area contributed by atoms with E-state index in [1.165, 1.54) is 6.92 Å². The van der Waals surface area contributed by atoms with Crippen molar-refractivity contribution < 1.29 is 28.8 Å². The van der Waals surface area contributed by atoms with Gasteiger partial charge in [-0.2, -0.15) is 0 Å². The topological polar surface area (TPSA) is 129 Å². The largest absolute Gasteiger partial charge is 0.462 e. The molecule has 0 fully saturated rings. The zero-order chi connectivity index (χ0) is 23.8. The molecule has 0 saturated heterocycles. The number of rotatable bonds is 7. The average molecular weight is 444 g/mol. The molecule has 0 aliphatic heterocycles. The van der Waals surface area contributed by atoms with Crippen LogP contribution in [0.3, 0.4) is 0 Å². The second kappa shape index (κ2) is 8.72. The second-order valence-corrected chi connectivity index (χ2v) is 8.82. The van der Waals surface area contributed by atoms with Crippen molar-refractivity contribution in [3.8, 4) is 0 Å². The highest BCUT2D eigenvalue weighted by molar-refractivity contribution is 6.09. The van der Waals surface area contributed by atoms with Crippen molar-refractivity contribution >= 4 is 28.6 Å². The Morgan fingerprint density at radius 2 is 1.69 bits per heavy atom. The molecule has 1 aliphatic carbocycles. The van der Waals surface area contributed by atoms with Gasteiger partial charge >= 0.3 is 11.9 Å². The number of aromatic nitrogens is 1. The minimum atomic E-state index is -1.94. The first kappa shape index (κ1) is 23.4. The summed E-state index contributed by atoms with van der Waals surface area (Å²) in [7, 11) is 0. The third-order valence-electron chi connectivity index (χ3n) is 5.81. The molecule has 0 saturated carbocycles. The van der Waals surface area contributed by atoms with Gasteiger partial charge in [0.1, 0.15) is 5.78 Å². The van der Waals surface area contributed by atoms with Gasteiger partial charge in [-0.25, -0.2) is 0 Å². The van der Waals surface area contributed by atoms with E-state index in [2.05, 4.69) is 4.98 Å². The summed E-state index contributed by atoms with van der Waals surface area (Å²) in [5.74, 6) is -3.76. The van der Waals surface area contributed by atoms with Gasteiger partial charge in [0.2, 0.25) is 12.0 Å². The van der Waals surface area contributed by atoms with Gasteiger partial charge in [-0.1, -0.05) is 18.2 Å². The van der Waals surface area contributed by atoms with Gasteiger partial charge in [0, 0.05) is 27.4 Å². The van der Waals surface area contributed by atoms with E-state index in [4.69, 9.17) is 9.47 Å². The number of ether oxygens (including phenoxy) is 2. The lowest BCUT2D eigenvalue weighted by Crippen LogP contribution is -2.53. The van der Waals surface area contributed by atoms with Gasteiger partial charge in [0.15, 0.2) is 0 Å². The lowest BCUT2D eigenvalue weighted by Gasteiger charge is -2.39. The van der Waals surface area contributed by atoms with Gasteiger partial charge < -0.3 is 14.5 Å². The van der Waals surface area contributed by atoms with Crippen molar-refractivity contribution in [3.63, 3.8) is 0 Å². The van der Waals surface area contributed by atoms with E-state index in [0.717, 1.165) is 0 Å². The molecule has 0 spiro atoms. The maximum absolute atomic E-state index is 13.5. The number of nitrogens with zero attached hydrogens (tertiary/aromatic N) is 1. The molecule has 0 radical (unpaired) electrons. The van der Waals surface area contributed by atoms with Crippen molar-refractivity contribution in [1.82, 2.24) is 4.98 Å². The molecule has 9 heteroatoms. The number of nitro groups is 1. The van der Waals surface area contributed by atoms with Crippen molar-refractivity contribution in [2.24, 2.45) is 5.92 Å². The molecule has 1 aliphatic rings. The number of H-pyrrole nitrogens is 1. The maximum atomic E-state index is 13.5. The van der Waals surface area contributed by atoms with Gasteiger partial charge in [-0.15, -0.1) is 0 Å². The van der Waals surface area contributed by atoms with Crippen molar-refractivity contribution in [2.75, 3.05) is 6.54 Å². The number of Topliss-reactive ketones (excluding diaryl/α,β-unsaturated/α-hetero) is 1. The lowest BCUT2D eigenvalue weighted by molar-refractivity contribution is -0.484. The molecule has 1 N–H and O–H groups in total. The van der Waals surface area contributed by atoms with Crippen LogP contribution in [0.1, 0.15) is 58.2 Å². The van der Waals surface area contributed by atoms with Crippen molar-refractivity contribution in [1.29, 1.82) is 0 Å². The van der Waals surface area contributed by atoms with Gasteiger partial charge in [-0.3, -0.25) is 24.5 Å². The number of esters is 2. The minimum absolute atomic E-state index is 0.208. The van der Waals surface area contributed by atoms with Crippen LogP contribution in [0, 0.1) is 16.0 Å². The number of benzene rings is 1. The summed E-state index contributed by atoms with van der Waals surface area (Å²) in [6.07, 6.45) is -1.31. The number of carbonyl (C=O) groups is 3. The Kier molecular flexibility index (Phi) is 6.39. The summed E-state index contributed by atoms with van der Waals surface area (Å²) in [6, 6.07) is 7.05. The molecule has 9 nitrogen and oxygen atoms in total. The van der Waals surface area contributed by atoms with Gasteiger partial charge in [-0.05, 0) is 52.7 Å². The fraction of sp³-hybridized carbons (Fsp3) is 0.522. The lowest BCUT2D eigenvalue weighted by atomic mass is 9.63. The van der Waals surface area contributed by atoms with Crippen LogP contribution >= 0.6 is 0 Å². The van der Waals surface area contributed by atoms with Crippen LogP contribution in [0.25, 0.3) is 10.9 Å². The molecular formula is C23H28N2O7. The quantitative estimate of drug-likeness (QED) is 0.300. The third-order valence-corrected chi connectivity index (χ3v) is 5.81. The van der Waals surface area contributed by atoms with Crippen LogP contribution < -0.4 is 0 Å². The number of hydrogen-bond donors (Lipinski definition) is 1. The van der Waals surface area contributed by atoms with Crippen LogP contribution in [0.2, 0.25) is 0 Å². The van der Waals surface area contributed by atoms with Crippen LogP contribution in [0.15, 0.2) is 24.3 Å². The Labute approximate surface area is 185 Å². The molecule has 1 aromatic carbocycles. The number of fused-ring (bicyclic) bond motifs is 3. The zero-order valence-corrected chi connectivity index (χ0v) is 18.8. The van der Waals surface area contributed by atoms with Crippen LogP contribution in [0.4, 0.5) is 0 Å². The van der Waals surface area contributed by atoms with Gasteiger partial charge in [0.05, 0.1) is 18.1 Å². The standard InChI is InChI=1S/C23H28N2O7/c1-12(2)31-21(27)23(22(28)32-13(3)4)10-16(14(5)26)17(11-25(29)30)19-15-8-6-7-9-18(15)24-20(19)23/h6-9,12-13,16-17,24H,10-11H2,1-5H3/t16-,17+/m1/s1. The minimum Gasteiger partial charge on any atom is -0.462 e. The second-order valence-electron chi connectivity index (χ2n) is 8.82. The predicted octanol–water partition coefficient (Wildman–Crippen LogP) is 3.28. The Morgan fingerprint density at radius 3 is 2.19 bits per heavy atom. The van der Waals surface area contributed by atoms with E-state index in [0.29, 0.717) is 16.5 Å². The SMILES string of the molecule is CC(=O)[C@H]1CC(C(=O)OC(C)C)(C(=O)OC(C)C)c2[nH]c3ccccc3c2[C@H]1C[N+](=O)[O-]. The molecule has 3 rings (SSSR count). The predicted molar refractivity (Wildman–Crippen MR) is 116 cm³/mol. The molecule has 0 amide bonds. The van der Waals surface area contributed by atoms with Crippen LogP contribution in [0.5, 0.6) is 0 Å². The molecule has 1 aromatic heterocycles. The molecule has 0 bridgehead atoms. The first-order chi connectivity index (χ1) is 15.0. The number of nitrogens with one attached hydrogen (secondary N) is 1. The van der Waals surface area contributed by atoms with E-state index in [1.54, 1.807) is 52.0 Å². The smallest absolute Gasteiger partial charge is 0.329 e. The van der Waals surface area contributed by atoms with Gasteiger partial charge in [0.25, 0.3) is 0 Å². The number of aromatic amines is 1. The monoisotopic (exact) mass is 444 g/mol. The van der Waals surface area contributed by atoms with E-state index in [-0.39, 0.29) is 17.9 Å². The number of carbonyl (C=O) groups excluding carboxylic acids is 3. The Hall–Kier alpha value is -3.23. The number of hydrogen-bond acceptors (Lipinski definition) is 7. The summed E-state index contributed by atoms with van der Waals surface area (Å²) in [5, 5.41) is 12.1. The average Bonchev–Trinajstić information content (AvgIpc) is 3.06.